The second-order valence-corrected chi connectivity index (χ2v) is 6.51. The molecule has 0 atom stereocenters. The second-order valence-electron chi connectivity index (χ2n) is 6.51. The van der Waals surface area contributed by atoms with Gasteiger partial charge < -0.3 is 0 Å². The summed E-state index contributed by atoms with van der Waals surface area (Å²) in [6.07, 6.45) is 2.52. The SMILES string of the molecule is O=[N+]([O-])c1ccc(-c2ccnc(Cc3ccccc3)c2-c2ccccc2)cc1. The van der Waals surface area contributed by atoms with Gasteiger partial charge in [0, 0.05) is 30.3 Å². The van der Waals surface area contributed by atoms with Gasteiger partial charge in [-0.3, -0.25) is 15.1 Å². The minimum Gasteiger partial charge on any atom is -0.260 e. The third kappa shape index (κ3) is 3.67. The first-order valence-electron chi connectivity index (χ1n) is 9.04. The lowest BCUT2D eigenvalue weighted by Gasteiger charge is -2.15. The molecule has 0 fully saturated rings. The Labute approximate surface area is 163 Å². The Bertz CT molecular complexity index is 1090. The smallest absolute Gasteiger partial charge is 0.260 e. The van der Waals surface area contributed by atoms with E-state index in [2.05, 4.69) is 29.2 Å². The molecule has 0 unspecified atom stereocenters. The van der Waals surface area contributed by atoms with Gasteiger partial charge in [-0.15, -0.1) is 0 Å². The Morgan fingerprint density at radius 2 is 1.39 bits per heavy atom. The average Bonchev–Trinajstić information content (AvgIpc) is 2.75. The van der Waals surface area contributed by atoms with Crippen molar-refractivity contribution in [3.8, 4) is 22.3 Å². The van der Waals surface area contributed by atoms with Crippen LogP contribution in [0.5, 0.6) is 0 Å². The first kappa shape index (κ1) is 17.6. The predicted octanol–water partition coefficient (Wildman–Crippen LogP) is 5.91. The van der Waals surface area contributed by atoms with Gasteiger partial charge in [0.1, 0.15) is 0 Å². The van der Waals surface area contributed by atoms with Crippen LogP contribution in [0.2, 0.25) is 0 Å². The van der Waals surface area contributed by atoms with Crippen LogP contribution in [0.1, 0.15) is 11.3 Å². The van der Waals surface area contributed by atoms with Gasteiger partial charge in [-0.1, -0.05) is 60.7 Å². The maximum Gasteiger partial charge on any atom is 0.269 e. The monoisotopic (exact) mass is 366 g/mol. The van der Waals surface area contributed by atoms with Crippen molar-refractivity contribution in [2.24, 2.45) is 0 Å². The summed E-state index contributed by atoms with van der Waals surface area (Å²) in [4.78, 5) is 15.3. The number of non-ortho nitro benzene ring substituents is 1. The predicted molar refractivity (Wildman–Crippen MR) is 111 cm³/mol. The molecule has 136 valence electrons. The number of aromatic nitrogens is 1. The van der Waals surface area contributed by atoms with Crippen molar-refractivity contribution in [1.82, 2.24) is 4.98 Å². The summed E-state index contributed by atoms with van der Waals surface area (Å²) in [6, 6.07) is 29.0. The molecule has 28 heavy (non-hydrogen) atoms. The highest BCUT2D eigenvalue weighted by Crippen LogP contribution is 2.35. The Balaban J connectivity index is 1.86. The van der Waals surface area contributed by atoms with Gasteiger partial charge in [-0.05, 0) is 40.5 Å². The summed E-state index contributed by atoms with van der Waals surface area (Å²) >= 11 is 0. The molecule has 4 nitrogen and oxygen atoms in total. The van der Waals surface area contributed by atoms with Crippen LogP contribution in [0.4, 0.5) is 5.69 Å². The minimum absolute atomic E-state index is 0.0866. The number of rotatable bonds is 5. The zero-order valence-corrected chi connectivity index (χ0v) is 15.2. The molecular weight excluding hydrogens is 348 g/mol. The molecule has 0 aliphatic rings. The van der Waals surface area contributed by atoms with E-state index in [1.165, 1.54) is 5.56 Å². The zero-order chi connectivity index (χ0) is 19.3. The summed E-state index contributed by atoms with van der Waals surface area (Å²) in [5.74, 6) is 0. The van der Waals surface area contributed by atoms with E-state index < -0.39 is 0 Å². The van der Waals surface area contributed by atoms with Gasteiger partial charge in [0.15, 0.2) is 0 Å². The molecule has 0 spiro atoms. The number of nitro benzene ring substituents is 1. The summed E-state index contributed by atoms with van der Waals surface area (Å²) in [5, 5.41) is 11.0. The van der Waals surface area contributed by atoms with Crippen molar-refractivity contribution >= 4 is 5.69 Å². The molecule has 0 bridgehead atoms. The van der Waals surface area contributed by atoms with Crippen LogP contribution in [0.25, 0.3) is 22.3 Å². The molecule has 4 heteroatoms. The summed E-state index contributed by atoms with van der Waals surface area (Å²) < 4.78 is 0. The fraction of sp³-hybridized carbons (Fsp3) is 0.0417. The molecule has 0 saturated carbocycles. The van der Waals surface area contributed by atoms with E-state index in [0.717, 1.165) is 27.9 Å². The molecule has 3 aromatic carbocycles. The van der Waals surface area contributed by atoms with Gasteiger partial charge >= 0.3 is 0 Å². The topological polar surface area (TPSA) is 56.0 Å². The second kappa shape index (κ2) is 7.84. The highest BCUT2D eigenvalue weighted by Gasteiger charge is 2.15. The van der Waals surface area contributed by atoms with Crippen LogP contribution in [0.3, 0.4) is 0 Å². The standard InChI is InChI=1S/C24H18N2O2/c27-26(28)21-13-11-19(12-14-21)22-15-16-25-23(17-18-7-3-1-4-8-18)24(22)20-9-5-2-6-10-20/h1-16H,17H2. The largest absolute Gasteiger partial charge is 0.269 e. The fourth-order valence-corrected chi connectivity index (χ4v) is 3.36. The quantitative estimate of drug-likeness (QED) is 0.326. The number of hydrogen-bond acceptors (Lipinski definition) is 3. The van der Waals surface area contributed by atoms with Crippen molar-refractivity contribution in [1.29, 1.82) is 0 Å². The van der Waals surface area contributed by atoms with Gasteiger partial charge in [-0.2, -0.15) is 0 Å². The molecule has 1 aromatic heterocycles. The summed E-state index contributed by atoms with van der Waals surface area (Å²) in [5.41, 5.74) is 6.34. The molecule has 0 radical (unpaired) electrons. The molecular formula is C24H18N2O2. The van der Waals surface area contributed by atoms with E-state index >= 15 is 0 Å². The normalized spacial score (nSPS) is 10.6. The number of benzene rings is 3. The molecule has 0 aliphatic heterocycles. The van der Waals surface area contributed by atoms with E-state index in [1.807, 2.05) is 48.7 Å². The Hall–Kier alpha value is -3.79. The van der Waals surface area contributed by atoms with E-state index in [-0.39, 0.29) is 10.6 Å². The molecule has 0 amide bonds. The number of nitrogens with zero attached hydrogens (tertiary/aromatic N) is 2. The first-order chi connectivity index (χ1) is 13.7. The number of hydrogen-bond donors (Lipinski definition) is 0. The van der Waals surface area contributed by atoms with Crippen molar-refractivity contribution in [3.63, 3.8) is 0 Å². The highest BCUT2D eigenvalue weighted by molar-refractivity contribution is 5.85. The lowest BCUT2D eigenvalue weighted by molar-refractivity contribution is -0.384. The lowest BCUT2D eigenvalue weighted by atomic mass is 9.91. The number of pyridine rings is 1. The van der Waals surface area contributed by atoms with Crippen molar-refractivity contribution in [2.75, 3.05) is 0 Å². The van der Waals surface area contributed by atoms with E-state index in [0.29, 0.717) is 6.42 Å². The van der Waals surface area contributed by atoms with Crippen LogP contribution < -0.4 is 0 Å². The van der Waals surface area contributed by atoms with Crippen LogP contribution in [-0.2, 0) is 6.42 Å². The molecule has 0 saturated heterocycles. The minimum atomic E-state index is -0.380. The van der Waals surface area contributed by atoms with E-state index in [1.54, 1.807) is 24.3 Å². The third-order valence-corrected chi connectivity index (χ3v) is 4.70. The number of nitro groups is 1. The van der Waals surface area contributed by atoms with Gasteiger partial charge in [0.05, 0.1) is 10.6 Å². The molecule has 4 aromatic rings. The lowest BCUT2D eigenvalue weighted by Crippen LogP contribution is -1.99. The summed E-state index contributed by atoms with van der Waals surface area (Å²) in [6.45, 7) is 0. The van der Waals surface area contributed by atoms with E-state index in [4.69, 9.17) is 0 Å². The van der Waals surface area contributed by atoms with Gasteiger partial charge in [-0.25, -0.2) is 0 Å². The Morgan fingerprint density at radius 1 is 0.750 bits per heavy atom. The summed E-state index contributed by atoms with van der Waals surface area (Å²) in [7, 11) is 0. The van der Waals surface area contributed by atoms with Crippen LogP contribution in [-0.4, -0.2) is 9.91 Å². The van der Waals surface area contributed by atoms with Crippen molar-refractivity contribution in [2.45, 2.75) is 6.42 Å². The van der Waals surface area contributed by atoms with Crippen LogP contribution >= 0.6 is 0 Å². The Kier molecular flexibility index (Phi) is 4.93. The highest BCUT2D eigenvalue weighted by atomic mass is 16.6. The molecule has 0 N–H and O–H groups in total. The maximum atomic E-state index is 11.0. The van der Waals surface area contributed by atoms with E-state index in [9.17, 15) is 10.1 Å². The van der Waals surface area contributed by atoms with Crippen molar-refractivity contribution < 1.29 is 4.92 Å². The first-order valence-corrected chi connectivity index (χ1v) is 9.04. The van der Waals surface area contributed by atoms with Gasteiger partial charge in [0.25, 0.3) is 5.69 Å². The Morgan fingerprint density at radius 3 is 2.04 bits per heavy atom. The fourth-order valence-electron chi connectivity index (χ4n) is 3.36. The molecule has 0 aliphatic carbocycles. The van der Waals surface area contributed by atoms with Crippen molar-refractivity contribution in [3.05, 3.63) is 119 Å². The van der Waals surface area contributed by atoms with Crippen LogP contribution in [0, 0.1) is 10.1 Å². The molecule has 4 rings (SSSR count). The third-order valence-electron chi connectivity index (χ3n) is 4.70. The maximum absolute atomic E-state index is 11.0. The molecule has 1 heterocycles. The van der Waals surface area contributed by atoms with Crippen LogP contribution in [0.15, 0.2) is 97.2 Å². The average molecular weight is 366 g/mol. The zero-order valence-electron chi connectivity index (χ0n) is 15.2. The van der Waals surface area contributed by atoms with Gasteiger partial charge in [0.2, 0.25) is 0 Å².